The second-order valence-electron chi connectivity index (χ2n) is 4.46. The van der Waals surface area contributed by atoms with Gasteiger partial charge in [-0.15, -0.1) is 0 Å². The number of nitrogens with two attached hydrogens (primary N) is 1. The lowest BCUT2D eigenvalue weighted by atomic mass is 10.1. The molecule has 2 aromatic carbocycles. The molecule has 0 saturated heterocycles. The van der Waals surface area contributed by atoms with Gasteiger partial charge in [-0.3, -0.25) is 4.79 Å². The van der Waals surface area contributed by atoms with E-state index in [4.69, 9.17) is 5.73 Å². The van der Waals surface area contributed by atoms with E-state index in [9.17, 15) is 4.79 Å². The van der Waals surface area contributed by atoms with Crippen LogP contribution in [0.25, 0.3) is 0 Å². The minimum atomic E-state index is -0.153. The van der Waals surface area contributed by atoms with Crippen LogP contribution in [-0.2, 0) is 0 Å². The van der Waals surface area contributed by atoms with Crippen LogP contribution in [0.5, 0.6) is 0 Å². The molecule has 0 radical (unpaired) electrons. The van der Waals surface area contributed by atoms with E-state index in [0.717, 1.165) is 10.0 Å². The predicted octanol–water partition coefficient (Wildman–Crippen LogP) is 4.28. The highest BCUT2D eigenvalue weighted by molar-refractivity contribution is 9.11. The number of nitrogen functional groups attached to an aromatic ring is 1. The molecule has 0 spiro atoms. The molecule has 0 saturated carbocycles. The summed E-state index contributed by atoms with van der Waals surface area (Å²) in [7, 11) is 0. The maximum Gasteiger partial charge on any atom is 0.252 e. The average Bonchev–Trinajstić information content (AvgIpc) is 2.42. The minimum absolute atomic E-state index is 0.0797. The van der Waals surface area contributed by atoms with E-state index in [2.05, 4.69) is 37.2 Å². The number of hydrogen-bond donors (Lipinski definition) is 2. The van der Waals surface area contributed by atoms with Gasteiger partial charge in [-0.2, -0.15) is 0 Å². The van der Waals surface area contributed by atoms with Gasteiger partial charge < -0.3 is 11.1 Å². The summed E-state index contributed by atoms with van der Waals surface area (Å²) in [4.78, 5) is 12.3. The fraction of sp³-hybridized carbons (Fsp3) is 0.133. The number of anilines is 1. The van der Waals surface area contributed by atoms with Crippen molar-refractivity contribution in [3.8, 4) is 0 Å². The van der Waals surface area contributed by atoms with Crippen LogP contribution in [-0.4, -0.2) is 5.91 Å². The standard InChI is InChI=1S/C15H14Br2N2O/c1-9(10-5-7-11(16)8-6-10)19-15(20)12-3-2-4-13(18)14(12)17/h2-9H,18H2,1H3,(H,19,20). The smallest absolute Gasteiger partial charge is 0.252 e. The number of rotatable bonds is 3. The molecule has 0 aromatic heterocycles. The molecule has 0 aliphatic rings. The number of amides is 1. The molecule has 1 amide bonds. The SMILES string of the molecule is CC(NC(=O)c1cccc(N)c1Br)c1ccc(Br)cc1. The first-order chi connectivity index (χ1) is 9.49. The lowest BCUT2D eigenvalue weighted by Gasteiger charge is -2.15. The first-order valence-electron chi connectivity index (χ1n) is 6.09. The van der Waals surface area contributed by atoms with Crippen molar-refractivity contribution in [3.63, 3.8) is 0 Å². The van der Waals surface area contributed by atoms with Crippen LogP contribution in [0.2, 0.25) is 0 Å². The monoisotopic (exact) mass is 396 g/mol. The molecule has 3 N–H and O–H groups in total. The molecule has 0 bridgehead atoms. The Labute approximate surface area is 134 Å². The number of carbonyl (C=O) groups is 1. The normalized spacial score (nSPS) is 11.9. The summed E-state index contributed by atoms with van der Waals surface area (Å²) < 4.78 is 1.64. The molecular formula is C15H14Br2N2O. The van der Waals surface area contributed by atoms with Crippen molar-refractivity contribution in [1.82, 2.24) is 5.32 Å². The van der Waals surface area contributed by atoms with Crippen LogP contribution < -0.4 is 11.1 Å². The Morgan fingerprint density at radius 3 is 2.45 bits per heavy atom. The molecule has 2 aromatic rings. The second kappa shape index (κ2) is 6.41. The first kappa shape index (κ1) is 15.1. The zero-order chi connectivity index (χ0) is 14.7. The van der Waals surface area contributed by atoms with E-state index >= 15 is 0 Å². The van der Waals surface area contributed by atoms with E-state index < -0.39 is 0 Å². The van der Waals surface area contributed by atoms with Crippen molar-refractivity contribution in [3.05, 3.63) is 62.5 Å². The summed E-state index contributed by atoms with van der Waals surface area (Å²) in [6, 6.07) is 13.0. The van der Waals surface area contributed by atoms with Crippen molar-refractivity contribution in [1.29, 1.82) is 0 Å². The Hall–Kier alpha value is -1.33. The van der Waals surface area contributed by atoms with Crippen LogP contribution in [0.1, 0.15) is 28.9 Å². The molecule has 20 heavy (non-hydrogen) atoms. The van der Waals surface area contributed by atoms with Crippen molar-refractivity contribution >= 4 is 43.5 Å². The van der Waals surface area contributed by atoms with Crippen molar-refractivity contribution in [2.75, 3.05) is 5.73 Å². The minimum Gasteiger partial charge on any atom is -0.398 e. The maximum absolute atomic E-state index is 12.3. The summed E-state index contributed by atoms with van der Waals surface area (Å²) in [5.74, 6) is -0.153. The predicted molar refractivity (Wildman–Crippen MR) is 88.6 cm³/mol. The number of halogens is 2. The lowest BCUT2D eigenvalue weighted by molar-refractivity contribution is 0.0939. The molecule has 5 heteroatoms. The van der Waals surface area contributed by atoms with Crippen LogP contribution in [0.4, 0.5) is 5.69 Å². The van der Waals surface area contributed by atoms with Gasteiger partial charge in [-0.1, -0.05) is 34.1 Å². The highest BCUT2D eigenvalue weighted by Gasteiger charge is 2.15. The molecule has 0 aliphatic carbocycles. The molecule has 0 heterocycles. The van der Waals surface area contributed by atoms with Crippen LogP contribution in [0.15, 0.2) is 51.4 Å². The lowest BCUT2D eigenvalue weighted by Crippen LogP contribution is -2.27. The molecule has 0 aliphatic heterocycles. The summed E-state index contributed by atoms with van der Waals surface area (Å²) in [5, 5.41) is 2.96. The summed E-state index contributed by atoms with van der Waals surface area (Å²) in [6.07, 6.45) is 0. The fourth-order valence-electron chi connectivity index (χ4n) is 1.83. The fourth-order valence-corrected chi connectivity index (χ4v) is 2.54. The molecule has 0 fully saturated rings. The summed E-state index contributed by atoms with van der Waals surface area (Å²) in [5.41, 5.74) is 7.91. The molecule has 1 unspecified atom stereocenters. The van der Waals surface area contributed by atoms with E-state index in [1.807, 2.05) is 31.2 Å². The quantitative estimate of drug-likeness (QED) is 0.759. The third-order valence-electron chi connectivity index (χ3n) is 2.99. The van der Waals surface area contributed by atoms with Gasteiger partial charge in [0.1, 0.15) is 0 Å². The third-order valence-corrected chi connectivity index (χ3v) is 4.40. The second-order valence-corrected chi connectivity index (χ2v) is 6.16. The van der Waals surface area contributed by atoms with Crippen molar-refractivity contribution in [2.45, 2.75) is 13.0 Å². The Morgan fingerprint density at radius 1 is 1.15 bits per heavy atom. The van der Waals surface area contributed by atoms with Crippen molar-refractivity contribution < 1.29 is 4.79 Å². The summed E-state index contributed by atoms with van der Waals surface area (Å²) >= 11 is 6.74. The van der Waals surface area contributed by atoms with Gasteiger partial charge in [0, 0.05) is 10.2 Å². The van der Waals surface area contributed by atoms with Gasteiger partial charge in [0.2, 0.25) is 0 Å². The largest absolute Gasteiger partial charge is 0.398 e. The van der Waals surface area contributed by atoms with E-state index in [-0.39, 0.29) is 11.9 Å². The number of nitrogens with one attached hydrogen (secondary N) is 1. The number of hydrogen-bond acceptors (Lipinski definition) is 2. The van der Waals surface area contributed by atoms with Gasteiger partial charge in [-0.25, -0.2) is 0 Å². The average molecular weight is 398 g/mol. The van der Waals surface area contributed by atoms with Crippen molar-refractivity contribution in [2.24, 2.45) is 0 Å². The zero-order valence-corrected chi connectivity index (χ0v) is 14.0. The van der Waals surface area contributed by atoms with Gasteiger partial charge in [0.15, 0.2) is 0 Å². The Balaban J connectivity index is 2.15. The number of benzene rings is 2. The Bertz CT molecular complexity index is 626. The first-order valence-corrected chi connectivity index (χ1v) is 7.68. The highest BCUT2D eigenvalue weighted by Crippen LogP contribution is 2.24. The highest BCUT2D eigenvalue weighted by atomic mass is 79.9. The van der Waals surface area contributed by atoms with Gasteiger partial charge in [0.25, 0.3) is 5.91 Å². The topological polar surface area (TPSA) is 55.1 Å². The molecule has 3 nitrogen and oxygen atoms in total. The Kier molecular flexibility index (Phi) is 4.83. The summed E-state index contributed by atoms with van der Waals surface area (Å²) in [6.45, 7) is 1.95. The maximum atomic E-state index is 12.3. The van der Waals surface area contributed by atoms with Crippen LogP contribution in [0.3, 0.4) is 0 Å². The van der Waals surface area contributed by atoms with E-state index in [1.165, 1.54) is 0 Å². The van der Waals surface area contributed by atoms with Gasteiger partial charge in [-0.05, 0) is 52.7 Å². The zero-order valence-electron chi connectivity index (χ0n) is 10.9. The van der Waals surface area contributed by atoms with Crippen LogP contribution >= 0.6 is 31.9 Å². The van der Waals surface area contributed by atoms with E-state index in [0.29, 0.717) is 15.7 Å². The molecule has 1 atom stereocenters. The third kappa shape index (κ3) is 3.41. The number of carbonyl (C=O) groups excluding carboxylic acids is 1. The molecule has 104 valence electrons. The molecule has 2 rings (SSSR count). The van der Waals surface area contributed by atoms with Crippen LogP contribution in [0, 0.1) is 0 Å². The van der Waals surface area contributed by atoms with E-state index in [1.54, 1.807) is 18.2 Å². The molecular weight excluding hydrogens is 384 g/mol. The Morgan fingerprint density at radius 2 is 1.80 bits per heavy atom. The van der Waals surface area contributed by atoms with Gasteiger partial charge in [0.05, 0.1) is 16.1 Å². The van der Waals surface area contributed by atoms with Gasteiger partial charge >= 0.3 is 0 Å².